The second-order valence-corrected chi connectivity index (χ2v) is 9.10. The van der Waals surface area contributed by atoms with Gasteiger partial charge in [-0.25, -0.2) is 0 Å². The number of amides is 1. The smallest absolute Gasteiger partial charge is 0.251 e. The molecule has 0 aromatic heterocycles. The Morgan fingerprint density at radius 1 is 1.07 bits per heavy atom. The first-order chi connectivity index (χ1) is 14.3. The van der Waals surface area contributed by atoms with E-state index in [4.69, 9.17) is 9.47 Å². The van der Waals surface area contributed by atoms with Crippen LogP contribution in [0.5, 0.6) is 11.5 Å². The number of methoxy groups -OCH3 is 2. The van der Waals surface area contributed by atoms with Crippen LogP contribution in [0.15, 0.2) is 48.6 Å². The van der Waals surface area contributed by atoms with Gasteiger partial charge in [0.2, 0.25) is 0 Å². The van der Waals surface area contributed by atoms with Crippen LogP contribution in [-0.2, 0) is 0 Å². The van der Waals surface area contributed by atoms with Gasteiger partial charge in [-0.3, -0.25) is 4.79 Å². The molecule has 2 aromatic rings. The summed E-state index contributed by atoms with van der Waals surface area (Å²) in [7, 11) is 3.31. The maximum Gasteiger partial charge on any atom is 0.251 e. The van der Waals surface area contributed by atoms with E-state index in [1.54, 1.807) is 14.2 Å². The van der Waals surface area contributed by atoms with Crippen LogP contribution in [0.3, 0.4) is 0 Å². The zero-order valence-electron chi connectivity index (χ0n) is 18.3. The molecule has 0 fully saturated rings. The Bertz CT molecular complexity index is 990. The number of hydrogen-bond donors (Lipinski definition) is 2. The van der Waals surface area contributed by atoms with Crippen molar-refractivity contribution in [2.45, 2.75) is 44.7 Å². The van der Waals surface area contributed by atoms with Gasteiger partial charge >= 0.3 is 0 Å². The molecule has 1 aliphatic carbocycles. The topological polar surface area (TPSA) is 59.6 Å². The van der Waals surface area contributed by atoms with Crippen molar-refractivity contribution in [3.63, 3.8) is 0 Å². The van der Waals surface area contributed by atoms with Crippen molar-refractivity contribution in [1.82, 2.24) is 5.32 Å². The summed E-state index contributed by atoms with van der Waals surface area (Å²) in [6, 6.07) is 12.3. The quantitative estimate of drug-likeness (QED) is 0.697. The molecular formula is C25H30N2O3. The van der Waals surface area contributed by atoms with Crippen LogP contribution < -0.4 is 20.1 Å². The van der Waals surface area contributed by atoms with Crippen molar-refractivity contribution in [2.75, 3.05) is 19.5 Å². The lowest BCUT2D eigenvalue weighted by Gasteiger charge is -2.38. The van der Waals surface area contributed by atoms with Crippen LogP contribution in [0, 0.1) is 5.92 Å². The molecule has 0 bridgehead atoms. The third-order valence-electron chi connectivity index (χ3n) is 5.88. The lowest BCUT2D eigenvalue weighted by atomic mass is 9.76. The number of allylic oxidation sites excluding steroid dienone is 2. The van der Waals surface area contributed by atoms with Crippen LogP contribution in [0.4, 0.5) is 5.69 Å². The van der Waals surface area contributed by atoms with Crippen LogP contribution in [0.2, 0.25) is 0 Å². The maximum atomic E-state index is 12.7. The third kappa shape index (κ3) is 3.76. The minimum atomic E-state index is -0.264. The van der Waals surface area contributed by atoms with Gasteiger partial charge in [0.15, 0.2) is 11.5 Å². The number of fused-ring (bicyclic) bond motifs is 3. The first-order valence-corrected chi connectivity index (χ1v) is 10.4. The molecule has 2 N–H and O–H groups in total. The summed E-state index contributed by atoms with van der Waals surface area (Å²) < 4.78 is 10.9. The summed E-state index contributed by atoms with van der Waals surface area (Å²) in [6.45, 7) is 5.98. The molecule has 0 saturated carbocycles. The minimum Gasteiger partial charge on any atom is -0.493 e. The van der Waals surface area contributed by atoms with Crippen molar-refractivity contribution in [3.8, 4) is 11.5 Å². The van der Waals surface area contributed by atoms with Gasteiger partial charge in [-0.2, -0.15) is 0 Å². The van der Waals surface area contributed by atoms with Gasteiger partial charge in [0.25, 0.3) is 5.91 Å². The van der Waals surface area contributed by atoms with E-state index in [2.05, 4.69) is 34.9 Å². The van der Waals surface area contributed by atoms with Crippen molar-refractivity contribution in [3.05, 3.63) is 65.2 Å². The Balaban J connectivity index is 1.68. The zero-order chi connectivity index (χ0) is 21.5. The van der Waals surface area contributed by atoms with Crippen LogP contribution in [-0.4, -0.2) is 25.7 Å². The molecule has 0 radical (unpaired) electrons. The molecule has 3 atom stereocenters. The molecule has 1 heterocycles. The van der Waals surface area contributed by atoms with Gasteiger partial charge in [-0.05, 0) is 74.6 Å². The normalized spacial score (nSPS) is 22.0. The Kier molecular flexibility index (Phi) is 5.22. The number of carbonyl (C=O) groups excluding carboxylic acids is 1. The lowest BCUT2D eigenvalue weighted by Crippen LogP contribution is -2.40. The molecule has 158 valence electrons. The first-order valence-electron chi connectivity index (χ1n) is 10.4. The highest BCUT2D eigenvalue weighted by Gasteiger charge is 2.38. The number of rotatable bonds is 4. The van der Waals surface area contributed by atoms with E-state index in [1.807, 2.05) is 45.0 Å². The van der Waals surface area contributed by atoms with Gasteiger partial charge in [0.05, 0.1) is 20.3 Å². The fraction of sp³-hybridized carbons (Fsp3) is 0.400. The summed E-state index contributed by atoms with van der Waals surface area (Å²) in [5.41, 5.74) is 3.88. The number of anilines is 1. The van der Waals surface area contributed by atoms with Gasteiger partial charge in [0.1, 0.15) is 0 Å². The molecule has 5 nitrogen and oxygen atoms in total. The third-order valence-corrected chi connectivity index (χ3v) is 5.88. The lowest BCUT2D eigenvalue weighted by molar-refractivity contribution is 0.0919. The van der Waals surface area contributed by atoms with Crippen molar-refractivity contribution < 1.29 is 14.3 Å². The monoisotopic (exact) mass is 406 g/mol. The maximum absolute atomic E-state index is 12.7. The molecule has 5 heteroatoms. The Morgan fingerprint density at radius 2 is 1.83 bits per heavy atom. The van der Waals surface area contributed by atoms with Crippen molar-refractivity contribution in [1.29, 1.82) is 0 Å². The van der Waals surface area contributed by atoms with E-state index in [-0.39, 0.29) is 23.4 Å². The second kappa shape index (κ2) is 7.71. The minimum absolute atomic E-state index is 0.0363. The van der Waals surface area contributed by atoms with Gasteiger partial charge in [-0.1, -0.05) is 18.2 Å². The standard InChI is InChI=1S/C25H30N2O3/c1-25(2,3)27-24(28)16-9-11-20-19(13-16)17-7-6-8-18(17)23(26-20)15-10-12-21(29-4)22(14-15)30-5/h6-7,9-14,17-18,23,26H,8H2,1-5H3,(H,27,28). The number of benzene rings is 2. The Labute approximate surface area is 178 Å². The molecule has 4 rings (SSSR count). The summed E-state index contributed by atoms with van der Waals surface area (Å²) in [5, 5.41) is 6.78. The van der Waals surface area contributed by atoms with Gasteiger partial charge in [-0.15, -0.1) is 0 Å². The van der Waals surface area contributed by atoms with Crippen LogP contribution in [0.1, 0.15) is 60.6 Å². The predicted molar refractivity (Wildman–Crippen MR) is 120 cm³/mol. The Morgan fingerprint density at radius 3 is 2.53 bits per heavy atom. The first kappa shape index (κ1) is 20.3. The molecule has 1 amide bonds. The van der Waals surface area contributed by atoms with Gasteiger partial charge < -0.3 is 20.1 Å². The highest BCUT2D eigenvalue weighted by molar-refractivity contribution is 5.95. The van der Waals surface area contributed by atoms with E-state index in [0.29, 0.717) is 11.5 Å². The zero-order valence-corrected chi connectivity index (χ0v) is 18.3. The molecule has 1 aliphatic heterocycles. The molecule has 30 heavy (non-hydrogen) atoms. The predicted octanol–water partition coefficient (Wildman–Crippen LogP) is 5.06. The largest absolute Gasteiger partial charge is 0.493 e. The van der Waals surface area contributed by atoms with E-state index < -0.39 is 0 Å². The number of nitrogens with one attached hydrogen (secondary N) is 2. The Hall–Kier alpha value is -2.95. The van der Waals surface area contributed by atoms with E-state index in [1.165, 1.54) is 11.1 Å². The van der Waals surface area contributed by atoms with E-state index >= 15 is 0 Å². The fourth-order valence-electron chi connectivity index (χ4n) is 4.52. The van der Waals surface area contributed by atoms with E-state index in [9.17, 15) is 4.79 Å². The molecule has 2 aromatic carbocycles. The summed E-state index contributed by atoms with van der Waals surface area (Å²) >= 11 is 0. The van der Waals surface area contributed by atoms with Crippen molar-refractivity contribution >= 4 is 11.6 Å². The highest BCUT2D eigenvalue weighted by Crippen LogP contribution is 2.50. The average Bonchev–Trinajstić information content (AvgIpc) is 3.21. The molecule has 2 aliphatic rings. The van der Waals surface area contributed by atoms with E-state index in [0.717, 1.165) is 23.6 Å². The number of ether oxygens (including phenoxy) is 2. The average molecular weight is 407 g/mol. The number of hydrogen-bond acceptors (Lipinski definition) is 4. The molecule has 0 saturated heterocycles. The summed E-state index contributed by atoms with van der Waals surface area (Å²) in [6.07, 6.45) is 5.53. The van der Waals surface area contributed by atoms with Crippen molar-refractivity contribution in [2.24, 2.45) is 5.92 Å². The van der Waals surface area contributed by atoms with Crippen LogP contribution >= 0.6 is 0 Å². The second-order valence-electron chi connectivity index (χ2n) is 9.10. The number of carbonyl (C=O) groups is 1. The SMILES string of the molecule is COc1ccc(C2Nc3ccc(C(=O)NC(C)(C)C)cc3C3C=CCC32)cc1OC. The molecular weight excluding hydrogens is 376 g/mol. The fourth-order valence-corrected chi connectivity index (χ4v) is 4.52. The molecule has 0 spiro atoms. The molecule has 3 unspecified atom stereocenters. The van der Waals surface area contributed by atoms with Gasteiger partial charge in [0, 0.05) is 22.7 Å². The highest BCUT2D eigenvalue weighted by atomic mass is 16.5. The van der Waals surface area contributed by atoms with Crippen LogP contribution in [0.25, 0.3) is 0 Å². The summed E-state index contributed by atoms with van der Waals surface area (Å²) in [5.74, 6) is 2.09. The summed E-state index contributed by atoms with van der Waals surface area (Å²) in [4.78, 5) is 12.7.